The number of ether oxygens (including phenoxy) is 6. The molecule has 0 aromatic rings. The van der Waals surface area contributed by atoms with Crippen LogP contribution in [0.2, 0.25) is 0 Å². The minimum Gasteiger partial charge on any atom is -0.379 e. The van der Waals surface area contributed by atoms with Crippen LogP contribution >= 0.6 is 0 Å². The first-order valence-electron chi connectivity index (χ1n) is 18.4. The lowest BCUT2D eigenvalue weighted by molar-refractivity contribution is 0.113. The predicted molar refractivity (Wildman–Crippen MR) is 176 cm³/mol. The van der Waals surface area contributed by atoms with Crippen LogP contribution in [0.3, 0.4) is 0 Å². The Bertz CT molecular complexity index is 507. The lowest BCUT2D eigenvalue weighted by Crippen LogP contribution is -2.02. The Labute approximate surface area is 261 Å². The normalized spacial score (nSPS) is 19.9. The molecule has 0 amide bonds. The lowest BCUT2D eigenvalue weighted by atomic mass is 10.1. The monoisotopic (exact) mass is 601 g/mol. The molecule has 0 aliphatic carbocycles. The van der Waals surface area contributed by atoms with Gasteiger partial charge in [0.25, 0.3) is 0 Å². The molecule has 3 saturated heterocycles. The van der Waals surface area contributed by atoms with E-state index >= 15 is 0 Å². The van der Waals surface area contributed by atoms with Crippen molar-refractivity contribution < 1.29 is 28.4 Å². The van der Waals surface area contributed by atoms with Gasteiger partial charge in [0.1, 0.15) is 18.3 Å². The van der Waals surface area contributed by atoms with Crippen LogP contribution in [0.5, 0.6) is 0 Å². The van der Waals surface area contributed by atoms with Gasteiger partial charge in [-0.15, -0.1) is 0 Å². The molecule has 3 unspecified atom stereocenters. The van der Waals surface area contributed by atoms with Crippen LogP contribution in [-0.2, 0) is 28.4 Å². The van der Waals surface area contributed by atoms with Crippen molar-refractivity contribution in [2.75, 3.05) is 59.5 Å². The molecule has 3 rings (SSSR count). The van der Waals surface area contributed by atoms with Crippen molar-refractivity contribution >= 4 is 0 Å². The summed E-state index contributed by atoms with van der Waals surface area (Å²) >= 11 is 0. The van der Waals surface area contributed by atoms with E-state index in [1.165, 1.54) is 135 Å². The van der Waals surface area contributed by atoms with Gasteiger partial charge in [0.2, 0.25) is 0 Å². The van der Waals surface area contributed by atoms with Crippen LogP contribution in [0, 0.1) is 0 Å². The molecule has 0 N–H and O–H groups in total. The maximum absolute atomic E-state index is 5.48. The van der Waals surface area contributed by atoms with E-state index in [-0.39, 0.29) is 0 Å². The maximum Gasteiger partial charge on any atom is 0.104 e. The van der Waals surface area contributed by atoms with Gasteiger partial charge in [-0.1, -0.05) is 136 Å². The Kier molecular flexibility index (Phi) is 30.5. The molecular formula is C36H72O6. The van der Waals surface area contributed by atoms with E-state index in [2.05, 4.69) is 20.8 Å². The third kappa shape index (κ3) is 34.3. The van der Waals surface area contributed by atoms with E-state index in [0.29, 0.717) is 18.3 Å². The maximum atomic E-state index is 5.48. The highest BCUT2D eigenvalue weighted by Gasteiger charge is 2.23. The summed E-state index contributed by atoms with van der Waals surface area (Å²) in [5, 5.41) is 0. The van der Waals surface area contributed by atoms with Crippen molar-refractivity contribution in [3.63, 3.8) is 0 Å². The number of hydrogen-bond acceptors (Lipinski definition) is 6. The topological polar surface area (TPSA) is 65.3 Å². The van der Waals surface area contributed by atoms with Crippen LogP contribution in [0.25, 0.3) is 0 Å². The first kappa shape index (κ1) is 39.8. The zero-order valence-electron chi connectivity index (χ0n) is 28.4. The van der Waals surface area contributed by atoms with Crippen LogP contribution < -0.4 is 0 Å². The van der Waals surface area contributed by atoms with E-state index in [1.54, 1.807) is 0 Å². The molecule has 252 valence electrons. The Morgan fingerprint density at radius 2 is 0.571 bits per heavy atom. The first-order valence-corrected chi connectivity index (χ1v) is 18.4. The van der Waals surface area contributed by atoms with Crippen molar-refractivity contribution in [2.24, 2.45) is 0 Å². The predicted octanol–water partition coefficient (Wildman–Crippen LogP) is 9.46. The second-order valence-corrected chi connectivity index (χ2v) is 12.5. The van der Waals surface area contributed by atoms with E-state index < -0.39 is 0 Å². The molecular weight excluding hydrogens is 528 g/mol. The second kappa shape index (κ2) is 32.2. The number of epoxide rings is 3. The fourth-order valence-corrected chi connectivity index (χ4v) is 4.62. The smallest absolute Gasteiger partial charge is 0.104 e. The third-order valence-corrected chi connectivity index (χ3v) is 7.80. The number of hydrogen-bond donors (Lipinski definition) is 0. The molecule has 3 heterocycles. The van der Waals surface area contributed by atoms with Crippen LogP contribution in [-0.4, -0.2) is 77.8 Å². The molecule has 3 aliphatic heterocycles. The molecule has 6 heteroatoms. The minimum absolute atomic E-state index is 0.430. The average molecular weight is 601 g/mol. The van der Waals surface area contributed by atoms with Crippen molar-refractivity contribution in [1.82, 2.24) is 0 Å². The summed E-state index contributed by atoms with van der Waals surface area (Å²) in [4.78, 5) is 0. The Morgan fingerprint density at radius 1 is 0.357 bits per heavy atom. The van der Waals surface area contributed by atoms with Crippen molar-refractivity contribution in [2.45, 2.75) is 174 Å². The van der Waals surface area contributed by atoms with Gasteiger partial charge in [0.15, 0.2) is 0 Å². The van der Waals surface area contributed by atoms with Gasteiger partial charge in [-0.2, -0.15) is 0 Å². The van der Waals surface area contributed by atoms with Gasteiger partial charge in [-0.25, -0.2) is 0 Å². The Balaban J connectivity index is 0.000000316. The van der Waals surface area contributed by atoms with E-state index in [9.17, 15) is 0 Å². The van der Waals surface area contributed by atoms with Gasteiger partial charge in [0, 0.05) is 19.8 Å². The highest BCUT2D eigenvalue weighted by Crippen LogP contribution is 2.12. The van der Waals surface area contributed by atoms with Gasteiger partial charge >= 0.3 is 0 Å². The minimum atomic E-state index is 0.430. The molecule has 0 aromatic carbocycles. The quantitative estimate of drug-likeness (QED) is 0.0604. The largest absolute Gasteiger partial charge is 0.379 e. The van der Waals surface area contributed by atoms with Gasteiger partial charge < -0.3 is 28.4 Å². The van der Waals surface area contributed by atoms with Crippen LogP contribution in [0.15, 0.2) is 0 Å². The number of rotatable bonds is 30. The standard InChI is InChI=1S/C13H26O2.C12H24O2.C11H22O2/c1-2-3-4-5-6-7-8-9-10-14-11-13-12-15-13;1-2-3-4-5-6-7-8-9-13-10-12-11-14-12;1-2-3-4-5-6-7-8-12-9-11-10-13-11/h13H,2-12H2,1H3;12H,2-11H2,1H3;11H,2-10H2,1H3. The van der Waals surface area contributed by atoms with Gasteiger partial charge in [0.05, 0.1) is 39.6 Å². The Morgan fingerprint density at radius 3 is 0.786 bits per heavy atom. The SMILES string of the molecule is CCCCCCCCCCOCC1CO1.CCCCCCCCCOCC1CO1.CCCCCCCCOCC1CO1. The molecule has 0 radical (unpaired) electrons. The first-order chi connectivity index (χ1) is 20.8. The van der Waals surface area contributed by atoms with E-state index in [4.69, 9.17) is 28.4 Å². The fourth-order valence-electron chi connectivity index (χ4n) is 4.62. The fraction of sp³-hybridized carbons (Fsp3) is 1.00. The third-order valence-electron chi connectivity index (χ3n) is 7.80. The Hall–Kier alpha value is -0.240. The molecule has 3 aliphatic rings. The molecule has 0 aromatic heterocycles. The second-order valence-electron chi connectivity index (χ2n) is 12.5. The van der Waals surface area contributed by atoms with E-state index in [0.717, 1.165) is 59.5 Å². The molecule has 0 bridgehead atoms. The highest BCUT2D eigenvalue weighted by atomic mass is 16.6. The summed E-state index contributed by atoms with van der Waals surface area (Å²) in [5.41, 5.74) is 0. The molecule has 42 heavy (non-hydrogen) atoms. The average Bonchev–Trinajstić information content (AvgIpc) is 3.85. The summed E-state index contributed by atoms with van der Waals surface area (Å²) in [6.07, 6.45) is 29.7. The van der Waals surface area contributed by atoms with Crippen molar-refractivity contribution in [1.29, 1.82) is 0 Å². The summed E-state index contributed by atoms with van der Waals surface area (Å²) < 4.78 is 31.5. The lowest BCUT2D eigenvalue weighted by Gasteiger charge is -2.02. The molecule has 0 spiro atoms. The van der Waals surface area contributed by atoms with Crippen LogP contribution in [0.4, 0.5) is 0 Å². The van der Waals surface area contributed by atoms with Crippen molar-refractivity contribution in [3.05, 3.63) is 0 Å². The van der Waals surface area contributed by atoms with Crippen LogP contribution in [0.1, 0.15) is 156 Å². The highest BCUT2D eigenvalue weighted by molar-refractivity contribution is 4.68. The van der Waals surface area contributed by atoms with Gasteiger partial charge in [-0.05, 0) is 19.3 Å². The molecule has 3 fully saturated rings. The summed E-state index contributed by atoms with van der Waals surface area (Å²) in [5.74, 6) is 0. The summed E-state index contributed by atoms with van der Waals surface area (Å²) in [6, 6.07) is 0. The molecule has 0 saturated carbocycles. The van der Waals surface area contributed by atoms with Gasteiger partial charge in [-0.3, -0.25) is 0 Å². The molecule has 3 atom stereocenters. The van der Waals surface area contributed by atoms with Crippen molar-refractivity contribution in [3.8, 4) is 0 Å². The summed E-state index contributed by atoms with van der Waals surface area (Å²) in [6.45, 7) is 14.7. The molecule has 6 nitrogen and oxygen atoms in total. The van der Waals surface area contributed by atoms with E-state index in [1.807, 2.05) is 0 Å². The zero-order chi connectivity index (χ0) is 30.2. The zero-order valence-corrected chi connectivity index (χ0v) is 28.4. The summed E-state index contributed by atoms with van der Waals surface area (Å²) in [7, 11) is 0. The number of unbranched alkanes of at least 4 members (excludes halogenated alkanes) is 18.